The zero-order chi connectivity index (χ0) is 61.3. The molecular formula is C61H68N11O13P. The van der Waals surface area contributed by atoms with Crippen molar-refractivity contribution in [3.05, 3.63) is 163 Å². The summed E-state index contributed by atoms with van der Waals surface area (Å²) < 4.78 is 50.1. The lowest BCUT2D eigenvalue weighted by Crippen LogP contribution is -2.63. The fraction of sp³-hybridized carbons (Fsp3) is 0.344. The number of nitrogens with zero attached hydrogens (tertiary/aromatic N) is 8. The monoisotopic (exact) mass is 1190 g/mol. The number of anilines is 3. The molecule has 2 aliphatic rings. The highest BCUT2D eigenvalue weighted by atomic mass is 31.2. The molecule has 5 atom stereocenters. The lowest BCUT2D eigenvalue weighted by Gasteiger charge is -2.43. The van der Waals surface area contributed by atoms with Crippen LogP contribution in [0.2, 0.25) is 0 Å². The second-order valence-corrected chi connectivity index (χ2v) is 22.5. The van der Waals surface area contributed by atoms with Crippen LogP contribution < -0.4 is 35.1 Å². The number of methoxy groups -OCH3 is 2. The summed E-state index contributed by atoms with van der Waals surface area (Å²) in [6.07, 6.45) is -6.96. The van der Waals surface area contributed by atoms with Gasteiger partial charge in [0.15, 0.2) is 23.7 Å². The topological polar surface area (TPSA) is 287 Å². The van der Waals surface area contributed by atoms with Crippen LogP contribution >= 0.6 is 8.53 Å². The van der Waals surface area contributed by atoms with Gasteiger partial charge in [-0.05, 0) is 92.9 Å². The molecule has 5 aromatic carbocycles. The van der Waals surface area contributed by atoms with E-state index in [0.717, 1.165) is 0 Å². The number of carbonyl (C=O) groups is 4. The van der Waals surface area contributed by atoms with E-state index in [1.807, 2.05) is 111 Å². The summed E-state index contributed by atoms with van der Waals surface area (Å²) >= 11 is 0. The van der Waals surface area contributed by atoms with Crippen molar-refractivity contribution in [3.63, 3.8) is 0 Å². The maximum atomic E-state index is 14.7. The molecule has 4 amide bonds. The molecule has 86 heavy (non-hydrogen) atoms. The molecule has 9 rings (SSSR count). The standard InChI is InChI=1S/C61H68N11O13P/c1-38(2)52(73)65-55-64-51-48(53(66-55)83-59(78)71(44-21-14-10-15-22-44)45-23-16-11-17-24-45)63-37-70(51)54-49-50(85-86(82-34-18-33-62)72(39(3)4)40(5)6)60(84-54,35-69(49)56(67-57(74)75)68-58(76)77)36-81-61(41-19-12-9-13-20-41,42-25-29-46(79-7)30-26-42)43-27-31-47(80-8)32-28-43/h9-17,19-32,37-40,49-50,54,56,67-68H,18,34-36H2,1-8H3,(H,74,75)(H,76,77)(H,64,65,66,73)/t49-,50+,54-,60-,86?/m1/s1. The second kappa shape index (κ2) is 27.1. The third-order valence-electron chi connectivity index (χ3n) is 14.6. The van der Waals surface area contributed by atoms with Crippen molar-refractivity contribution in [2.24, 2.45) is 5.92 Å². The summed E-state index contributed by atoms with van der Waals surface area (Å²) in [4.78, 5) is 71.1. The van der Waals surface area contributed by atoms with Gasteiger partial charge in [-0.2, -0.15) is 15.2 Å². The van der Waals surface area contributed by atoms with Gasteiger partial charge in [0, 0.05) is 24.5 Å². The highest BCUT2D eigenvalue weighted by molar-refractivity contribution is 7.44. The molecule has 4 heterocycles. The maximum Gasteiger partial charge on any atom is 0.425 e. The molecule has 2 aliphatic heterocycles. The van der Waals surface area contributed by atoms with E-state index in [2.05, 4.69) is 27.0 Å². The molecule has 2 saturated heterocycles. The van der Waals surface area contributed by atoms with Crippen LogP contribution in [0.5, 0.6) is 17.4 Å². The van der Waals surface area contributed by atoms with Gasteiger partial charge in [-0.1, -0.05) is 105 Å². The van der Waals surface area contributed by atoms with Gasteiger partial charge in [0.25, 0.3) is 14.4 Å². The number of para-hydroxylation sites is 2. The highest BCUT2D eigenvalue weighted by Gasteiger charge is 2.68. The average Bonchev–Trinajstić information content (AvgIpc) is 1.57. The number of hydrogen-bond acceptors (Lipinski definition) is 17. The Kier molecular flexibility index (Phi) is 19.4. The first-order valence-electron chi connectivity index (χ1n) is 27.7. The number of likely N-dealkylation sites (tertiary alicyclic amines) is 1. The number of rotatable bonds is 25. The van der Waals surface area contributed by atoms with E-state index < -0.39 is 74.5 Å². The van der Waals surface area contributed by atoms with Gasteiger partial charge < -0.3 is 42.9 Å². The normalized spacial score (nSPS) is 17.9. The Morgan fingerprint density at radius 3 is 1.81 bits per heavy atom. The number of hydrogen-bond donors (Lipinski definition) is 5. The first-order valence-corrected chi connectivity index (χ1v) is 28.9. The number of aromatic nitrogens is 4. The molecule has 24 nitrogen and oxygen atoms in total. The minimum atomic E-state index is -2.16. The zero-order valence-corrected chi connectivity index (χ0v) is 49.5. The Hall–Kier alpha value is -8.79. The Morgan fingerprint density at radius 2 is 1.31 bits per heavy atom. The van der Waals surface area contributed by atoms with E-state index >= 15 is 0 Å². The van der Waals surface area contributed by atoms with Crippen molar-refractivity contribution in [3.8, 4) is 23.4 Å². The van der Waals surface area contributed by atoms with Crippen molar-refractivity contribution in [1.29, 1.82) is 5.26 Å². The van der Waals surface area contributed by atoms with Gasteiger partial charge in [0.2, 0.25) is 11.9 Å². The van der Waals surface area contributed by atoms with Crippen molar-refractivity contribution in [2.75, 3.05) is 44.2 Å². The van der Waals surface area contributed by atoms with E-state index in [9.17, 15) is 34.7 Å². The van der Waals surface area contributed by atoms with E-state index in [1.165, 1.54) is 15.8 Å². The number of morpholine rings is 1. The average molecular weight is 1190 g/mol. The summed E-state index contributed by atoms with van der Waals surface area (Å²) in [5, 5.41) is 38.2. The molecule has 2 bridgehead atoms. The second-order valence-electron chi connectivity index (χ2n) is 21.1. The van der Waals surface area contributed by atoms with Gasteiger partial charge in [-0.25, -0.2) is 28.9 Å². The quantitative estimate of drug-likeness (QED) is 0.0154. The predicted octanol–water partition coefficient (Wildman–Crippen LogP) is 10.2. The van der Waals surface area contributed by atoms with Crippen molar-refractivity contribution in [1.82, 2.24) is 39.7 Å². The molecule has 450 valence electrons. The largest absolute Gasteiger partial charge is 0.497 e. The third-order valence-corrected chi connectivity index (χ3v) is 16.7. The Morgan fingerprint density at radius 1 is 0.779 bits per heavy atom. The van der Waals surface area contributed by atoms with Gasteiger partial charge in [-0.15, -0.1) is 0 Å². The lowest BCUT2D eigenvalue weighted by atomic mass is 9.79. The molecule has 7 aromatic rings. The van der Waals surface area contributed by atoms with Crippen LogP contribution in [0.3, 0.4) is 0 Å². The van der Waals surface area contributed by atoms with E-state index in [0.29, 0.717) is 39.6 Å². The zero-order valence-electron chi connectivity index (χ0n) is 48.6. The Bertz CT molecular complexity index is 3400. The van der Waals surface area contributed by atoms with Crippen LogP contribution in [0.1, 0.15) is 70.9 Å². The molecule has 0 radical (unpaired) electrons. The molecule has 0 saturated carbocycles. The fourth-order valence-electron chi connectivity index (χ4n) is 10.8. The van der Waals surface area contributed by atoms with Crippen LogP contribution in [-0.2, 0) is 28.9 Å². The van der Waals surface area contributed by atoms with Crippen LogP contribution in [0.25, 0.3) is 11.2 Å². The molecule has 0 spiro atoms. The van der Waals surface area contributed by atoms with Crippen molar-refractivity contribution >= 4 is 61.2 Å². The molecule has 2 fully saturated rings. The van der Waals surface area contributed by atoms with E-state index in [1.54, 1.807) is 93.6 Å². The summed E-state index contributed by atoms with van der Waals surface area (Å²) in [7, 11) is 0.973. The number of benzene rings is 5. The van der Waals surface area contributed by atoms with Crippen LogP contribution in [-0.4, -0.2) is 134 Å². The van der Waals surface area contributed by atoms with Crippen molar-refractivity contribution < 1.29 is 62.1 Å². The van der Waals surface area contributed by atoms with Crippen LogP contribution in [0.4, 0.5) is 31.7 Å². The minimum Gasteiger partial charge on any atom is -0.497 e. The summed E-state index contributed by atoms with van der Waals surface area (Å²) in [5.74, 6) is -0.514. The van der Waals surface area contributed by atoms with E-state index in [-0.39, 0.29) is 61.3 Å². The summed E-state index contributed by atoms with van der Waals surface area (Å²) in [6, 6.07) is 42.4. The van der Waals surface area contributed by atoms with Gasteiger partial charge in [-0.3, -0.25) is 30.2 Å². The number of ether oxygens (including phenoxy) is 5. The Balaban J connectivity index is 1.28. The van der Waals surface area contributed by atoms with Crippen LogP contribution in [0, 0.1) is 17.2 Å². The van der Waals surface area contributed by atoms with Gasteiger partial charge >= 0.3 is 18.3 Å². The highest BCUT2D eigenvalue weighted by Crippen LogP contribution is 2.58. The fourth-order valence-corrected chi connectivity index (χ4v) is 12.6. The summed E-state index contributed by atoms with van der Waals surface area (Å²) in [5.41, 5.74) is -0.419. The molecule has 0 aliphatic carbocycles. The van der Waals surface area contributed by atoms with Crippen molar-refractivity contribution in [2.45, 2.75) is 95.9 Å². The molecule has 1 unspecified atom stereocenters. The van der Waals surface area contributed by atoms with Gasteiger partial charge in [0.05, 0.1) is 63.7 Å². The lowest BCUT2D eigenvalue weighted by molar-refractivity contribution is -0.181. The maximum absolute atomic E-state index is 14.7. The first-order chi connectivity index (χ1) is 41.4. The molecule has 5 N–H and O–H groups in total. The number of nitriles is 1. The number of imidazole rings is 1. The molecular weight excluding hydrogens is 1130 g/mol. The molecule has 2 aromatic heterocycles. The number of carboxylic acid groups (broad SMARTS) is 2. The number of fused-ring (bicyclic) bond motifs is 3. The number of amides is 4. The predicted molar refractivity (Wildman–Crippen MR) is 318 cm³/mol. The molecule has 25 heteroatoms. The Labute approximate surface area is 498 Å². The van der Waals surface area contributed by atoms with Crippen LogP contribution in [0.15, 0.2) is 146 Å². The third kappa shape index (κ3) is 13.0. The number of nitrogens with one attached hydrogen (secondary N) is 3. The smallest absolute Gasteiger partial charge is 0.425 e. The SMILES string of the molecule is COc1ccc(C(OC[C@@]23CN(C(NC(=O)O)NC(=O)O)[C@@H]([C@H](n4cnc5c(OC(=O)N(c6ccccc6)c6ccccc6)nc(NC(=O)C(C)C)nc54)O2)[C@@H]3OP(OCCC#N)N(C(C)C)C(C)C)(c2ccccc2)c2ccc(OC)cc2)cc1. The summed E-state index contributed by atoms with van der Waals surface area (Å²) in [6.45, 7) is 10.6. The first kappa shape index (κ1) is 61.8. The van der Waals surface area contributed by atoms with E-state index in [4.69, 9.17) is 42.7 Å². The number of carbonyl (C=O) groups excluding carboxylic acids is 2. The van der Waals surface area contributed by atoms with Gasteiger partial charge in [0.1, 0.15) is 28.8 Å². The minimum absolute atomic E-state index is 0.00799.